The van der Waals surface area contributed by atoms with E-state index in [9.17, 15) is 0 Å². The fraction of sp³-hybridized carbons (Fsp3) is 1.00. The molecule has 14 heavy (non-hydrogen) atoms. The second kappa shape index (κ2) is 5.72. The molecule has 0 aromatic rings. The number of hydrogen-bond acceptors (Lipinski definition) is 2. The van der Waals surface area contributed by atoms with Gasteiger partial charge in [-0.25, -0.2) is 0 Å². The number of nitrogens with zero attached hydrogens (tertiary/aromatic N) is 1. The third-order valence-electron chi connectivity index (χ3n) is 3.82. The topological polar surface area (TPSA) is 15.3 Å². The minimum absolute atomic E-state index is 0.638. The maximum absolute atomic E-state index is 3.21. The van der Waals surface area contributed by atoms with Crippen molar-refractivity contribution in [2.45, 2.75) is 39.5 Å². The second-order valence-corrected chi connectivity index (χ2v) is 4.96. The van der Waals surface area contributed by atoms with Gasteiger partial charge in [0.05, 0.1) is 0 Å². The number of nitrogens with one attached hydrogen (secondary N) is 1. The summed E-state index contributed by atoms with van der Waals surface area (Å²) in [4.78, 5) is 2.62. The molecule has 0 aliphatic carbocycles. The summed E-state index contributed by atoms with van der Waals surface area (Å²) in [5.74, 6) is 0. The monoisotopic (exact) mass is 198 g/mol. The largest absolute Gasteiger partial charge is 0.320 e. The van der Waals surface area contributed by atoms with Gasteiger partial charge in [0.15, 0.2) is 0 Å². The molecule has 0 atom stereocenters. The van der Waals surface area contributed by atoms with Crippen LogP contribution < -0.4 is 5.32 Å². The second-order valence-electron chi connectivity index (χ2n) is 4.96. The van der Waals surface area contributed by atoms with Crippen LogP contribution in [0.4, 0.5) is 0 Å². The van der Waals surface area contributed by atoms with Crippen molar-refractivity contribution in [1.82, 2.24) is 10.2 Å². The van der Waals surface area contributed by atoms with Gasteiger partial charge in [0.25, 0.3) is 0 Å². The highest BCUT2D eigenvalue weighted by Crippen LogP contribution is 2.33. The smallest absolute Gasteiger partial charge is 0.000663 e. The molecule has 0 amide bonds. The van der Waals surface area contributed by atoms with Crippen LogP contribution in [0.15, 0.2) is 0 Å². The van der Waals surface area contributed by atoms with E-state index in [-0.39, 0.29) is 0 Å². The van der Waals surface area contributed by atoms with Crippen LogP contribution in [0.25, 0.3) is 0 Å². The molecule has 0 saturated carbocycles. The molecule has 1 rings (SSSR count). The van der Waals surface area contributed by atoms with Crippen LogP contribution in [-0.2, 0) is 0 Å². The van der Waals surface area contributed by atoms with Crippen molar-refractivity contribution in [3.05, 3.63) is 0 Å². The summed E-state index contributed by atoms with van der Waals surface area (Å²) in [5.41, 5.74) is 0.638. The molecule has 0 bridgehead atoms. The molecular formula is C12H26N2. The van der Waals surface area contributed by atoms with Gasteiger partial charge in [-0.1, -0.05) is 20.3 Å². The zero-order valence-corrected chi connectivity index (χ0v) is 10.1. The predicted molar refractivity (Wildman–Crippen MR) is 62.6 cm³/mol. The van der Waals surface area contributed by atoms with Crippen molar-refractivity contribution >= 4 is 0 Å². The van der Waals surface area contributed by atoms with Crippen molar-refractivity contribution in [2.24, 2.45) is 5.41 Å². The predicted octanol–water partition coefficient (Wildman–Crippen LogP) is 2.11. The molecule has 0 radical (unpaired) electrons. The minimum atomic E-state index is 0.638. The molecule has 0 aromatic heterocycles. The summed E-state index contributed by atoms with van der Waals surface area (Å²) in [7, 11) is 2.03. The van der Waals surface area contributed by atoms with E-state index in [0.717, 1.165) is 6.54 Å². The van der Waals surface area contributed by atoms with Crippen LogP contribution >= 0.6 is 0 Å². The van der Waals surface area contributed by atoms with Gasteiger partial charge in [-0.2, -0.15) is 0 Å². The van der Waals surface area contributed by atoms with Gasteiger partial charge >= 0.3 is 0 Å². The molecule has 1 aliphatic rings. The van der Waals surface area contributed by atoms with Gasteiger partial charge in [-0.15, -0.1) is 0 Å². The number of rotatable bonds is 5. The molecule has 1 heterocycles. The number of hydrogen-bond donors (Lipinski definition) is 1. The van der Waals surface area contributed by atoms with E-state index in [1.165, 1.54) is 45.3 Å². The molecule has 2 heteroatoms. The van der Waals surface area contributed by atoms with Crippen LogP contribution in [0.1, 0.15) is 39.5 Å². The molecule has 1 N–H and O–H groups in total. The molecule has 0 unspecified atom stereocenters. The Morgan fingerprint density at radius 3 is 2.43 bits per heavy atom. The van der Waals surface area contributed by atoms with Crippen LogP contribution in [-0.4, -0.2) is 38.1 Å². The first-order valence-corrected chi connectivity index (χ1v) is 6.07. The Kier molecular flexibility index (Phi) is 4.90. The van der Waals surface area contributed by atoms with Crippen LogP contribution in [0.5, 0.6) is 0 Å². The third-order valence-corrected chi connectivity index (χ3v) is 3.82. The normalized spacial score (nSPS) is 22.5. The Morgan fingerprint density at radius 2 is 1.93 bits per heavy atom. The first kappa shape index (κ1) is 12.0. The van der Waals surface area contributed by atoms with Crippen molar-refractivity contribution < 1.29 is 0 Å². The van der Waals surface area contributed by atoms with Crippen molar-refractivity contribution in [1.29, 1.82) is 0 Å². The van der Waals surface area contributed by atoms with Gasteiger partial charge in [0, 0.05) is 0 Å². The summed E-state index contributed by atoms with van der Waals surface area (Å²) in [5, 5.41) is 3.21. The van der Waals surface area contributed by atoms with Crippen molar-refractivity contribution in [3.8, 4) is 0 Å². The van der Waals surface area contributed by atoms with Crippen LogP contribution in [0, 0.1) is 5.41 Å². The maximum Gasteiger partial charge on any atom is -0.000663 e. The quantitative estimate of drug-likeness (QED) is 0.681. The van der Waals surface area contributed by atoms with Gasteiger partial charge in [-0.3, -0.25) is 0 Å². The van der Waals surface area contributed by atoms with E-state index in [2.05, 4.69) is 24.1 Å². The van der Waals surface area contributed by atoms with Crippen LogP contribution in [0.3, 0.4) is 0 Å². The Labute approximate surface area is 89.1 Å². The number of likely N-dealkylation sites (tertiary alicyclic amines) is 1. The van der Waals surface area contributed by atoms with E-state index in [1.807, 2.05) is 7.05 Å². The van der Waals surface area contributed by atoms with E-state index < -0.39 is 0 Å². The lowest BCUT2D eigenvalue weighted by Crippen LogP contribution is -2.39. The summed E-state index contributed by atoms with van der Waals surface area (Å²) in [6, 6.07) is 0. The third kappa shape index (κ3) is 3.58. The fourth-order valence-corrected chi connectivity index (χ4v) is 2.15. The molecular weight excluding hydrogens is 172 g/mol. The minimum Gasteiger partial charge on any atom is -0.320 e. The molecule has 1 fully saturated rings. The molecule has 1 aliphatic heterocycles. The first-order valence-electron chi connectivity index (χ1n) is 6.07. The zero-order chi connectivity index (χ0) is 10.4. The number of piperidine rings is 1. The van der Waals surface area contributed by atoms with Crippen LogP contribution in [0.2, 0.25) is 0 Å². The average Bonchev–Trinajstić information content (AvgIpc) is 2.22. The molecule has 2 nitrogen and oxygen atoms in total. The van der Waals surface area contributed by atoms with Gasteiger partial charge in [0.1, 0.15) is 0 Å². The SMILES string of the molecule is CCC1(C)CCN(CCCNC)CC1. The lowest BCUT2D eigenvalue weighted by molar-refractivity contribution is 0.114. The van der Waals surface area contributed by atoms with Crippen molar-refractivity contribution in [2.75, 3.05) is 33.2 Å². The highest BCUT2D eigenvalue weighted by atomic mass is 15.1. The van der Waals surface area contributed by atoms with Gasteiger partial charge < -0.3 is 10.2 Å². The van der Waals surface area contributed by atoms with Gasteiger partial charge in [0.2, 0.25) is 0 Å². The van der Waals surface area contributed by atoms with E-state index in [0.29, 0.717) is 5.41 Å². The van der Waals surface area contributed by atoms with E-state index in [4.69, 9.17) is 0 Å². The van der Waals surface area contributed by atoms with Gasteiger partial charge in [-0.05, 0) is 57.9 Å². The highest BCUT2D eigenvalue weighted by molar-refractivity contribution is 4.81. The van der Waals surface area contributed by atoms with E-state index >= 15 is 0 Å². The lowest BCUT2D eigenvalue weighted by Gasteiger charge is -2.38. The van der Waals surface area contributed by atoms with E-state index in [1.54, 1.807) is 0 Å². The molecule has 1 saturated heterocycles. The maximum atomic E-state index is 3.21. The average molecular weight is 198 g/mol. The highest BCUT2D eigenvalue weighted by Gasteiger charge is 2.27. The Balaban J connectivity index is 2.15. The van der Waals surface area contributed by atoms with Crippen molar-refractivity contribution in [3.63, 3.8) is 0 Å². The Hall–Kier alpha value is -0.0800. The fourth-order valence-electron chi connectivity index (χ4n) is 2.15. The Bertz CT molecular complexity index is 148. The molecule has 0 spiro atoms. The summed E-state index contributed by atoms with van der Waals surface area (Å²) in [6.45, 7) is 9.83. The molecule has 0 aromatic carbocycles. The first-order chi connectivity index (χ1) is 6.70. The zero-order valence-electron chi connectivity index (χ0n) is 10.1. The molecule has 84 valence electrons. The standard InChI is InChI=1S/C12H26N2/c1-4-12(2)6-10-14(11-7-12)9-5-8-13-3/h13H,4-11H2,1-3H3. The lowest BCUT2D eigenvalue weighted by atomic mass is 9.78. The Morgan fingerprint density at radius 1 is 1.29 bits per heavy atom. The summed E-state index contributed by atoms with van der Waals surface area (Å²) in [6.07, 6.45) is 5.42. The summed E-state index contributed by atoms with van der Waals surface area (Å²) < 4.78 is 0. The summed E-state index contributed by atoms with van der Waals surface area (Å²) >= 11 is 0.